The minimum absolute atomic E-state index is 0.00716. The maximum atomic E-state index is 12.0. The summed E-state index contributed by atoms with van der Waals surface area (Å²) >= 11 is 0. The molecule has 3 rings (SSSR count). The van der Waals surface area contributed by atoms with E-state index in [0.29, 0.717) is 18.7 Å². The number of carbonyl (C=O) groups excluding carboxylic acids is 1. The van der Waals surface area contributed by atoms with Gasteiger partial charge in [0.15, 0.2) is 5.96 Å². The molecule has 0 saturated carbocycles. The average molecular weight is 424 g/mol. The normalized spacial score (nSPS) is 14.9. The molecule has 0 aromatic heterocycles. The van der Waals surface area contributed by atoms with Gasteiger partial charge in [0.2, 0.25) is 0 Å². The molecular weight excluding hydrogens is 390 g/mol. The van der Waals surface area contributed by atoms with Crippen molar-refractivity contribution in [3.8, 4) is 0 Å². The summed E-state index contributed by atoms with van der Waals surface area (Å²) in [6.45, 7) is 5.84. The molecule has 31 heavy (non-hydrogen) atoms. The molecular formula is C24H33N5O2. The van der Waals surface area contributed by atoms with Crippen LogP contribution < -0.4 is 10.6 Å². The molecule has 0 atom stereocenters. The van der Waals surface area contributed by atoms with E-state index in [1.807, 2.05) is 24.3 Å². The molecule has 7 heteroatoms. The molecule has 0 spiro atoms. The molecule has 2 aromatic carbocycles. The van der Waals surface area contributed by atoms with Crippen molar-refractivity contribution in [3.05, 3.63) is 70.8 Å². The van der Waals surface area contributed by atoms with Gasteiger partial charge in [0, 0.05) is 59.4 Å². The van der Waals surface area contributed by atoms with Gasteiger partial charge >= 0.3 is 0 Å². The predicted octanol–water partition coefficient (Wildman–Crippen LogP) is 2.09. The standard InChI is InChI=1S/C24H33N5O2/c1-25-24(26-16-19-8-10-20(11-9-19)23(30)28(2)3)27-17-21-6-4-5-7-22(21)18-29-12-14-31-15-13-29/h4-11H,12-18H2,1-3H3,(H2,25,26,27). The summed E-state index contributed by atoms with van der Waals surface area (Å²) in [7, 11) is 5.28. The summed E-state index contributed by atoms with van der Waals surface area (Å²) in [5.74, 6) is 0.752. The lowest BCUT2D eigenvalue weighted by Crippen LogP contribution is -2.37. The van der Waals surface area contributed by atoms with E-state index in [-0.39, 0.29) is 5.91 Å². The number of morpholine rings is 1. The van der Waals surface area contributed by atoms with E-state index >= 15 is 0 Å². The Morgan fingerprint density at radius 2 is 1.65 bits per heavy atom. The van der Waals surface area contributed by atoms with Gasteiger partial charge < -0.3 is 20.3 Å². The van der Waals surface area contributed by atoms with E-state index in [2.05, 4.69) is 44.8 Å². The third-order valence-electron chi connectivity index (χ3n) is 5.35. The van der Waals surface area contributed by atoms with Crippen molar-refractivity contribution in [1.29, 1.82) is 0 Å². The lowest BCUT2D eigenvalue weighted by Gasteiger charge is -2.27. The average Bonchev–Trinajstić information content (AvgIpc) is 2.80. The van der Waals surface area contributed by atoms with Crippen LogP contribution in [0.2, 0.25) is 0 Å². The van der Waals surface area contributed by atoms with Gasteiger partial charge in [-0.2, -0.15) is 0 Å². The molecule has 1 fully saturated rings. The van der Waals surface area contributed by atoms with Crippen LogP contribution in [0.4, 0.5) is 0 Å². The maximum absolute atomic E-state index is 12.0. The summed E-state index contributed by atoms with van der Waals surface area (Å²) < 4.78 is 5.46. The van der Waals surface area contributed by atoms with Crippen molar-refractivity contribution < 1.29 is 9.53 Å². The fourth-order valence-electron chi connectivity index (χ4n) is 3.49. The van der Waals surface area contributed by atoms with Crippen molar-refractivity contribution in [2.45, 2.75) is 19.6 Å². The van der Waals surface area contributed by atoms with Crippen LogP contribution >= 0.6 is 0 Å². The van der Waals surface area contributed by atoms with Crippen molar-refractivity contribution in [3.63, 3.8) is 0 Å². The van der Waals surface area contributed by atoms with E-state index in [0.717, 1.165) is 44.4 Å². The van der Waals surface area contributed by atoms with Crippen LogP contribution in [0.15, 0.2) is 53.5 Å². The Hall–Kier alpha value is -2.90. The number of nitrogens with zero attached hydrogens (tertiary/aromatic N) is 3. The first kappa shape index (κ1) is 22.8. The van der Waals surface area contributed by atoms with Gasteiger partial charge in [0.25, 0.3) is 5.91 Å². The Balaban J connectivity index is 1.52. The highest BCUT2D eigenvalue weighted by atomic mass is 16.5. The van der Waals surface area contributed by atoms with Crippen LogP contribution in [-0.2, 0) is 24.4 Å². The van der Waals surface area contributed by atoms with Crippen molar-refractivity contribution in [2.75, 3.05) is 47.4 Å². The van der Waals surface area contributed by atoms with Crippen LogP contribution in [0.1, 0.15) is 27.0 Å². The zero-order valence-corrected chi connectivity index (χ0v) is 18.7. The molecule has 7 nitrogen and oxygen atoms in total. The second-order valence-corrected chi connectivity index (χ2v) is 7.83. The Labute approximate surface area is 185 Å². The van der Waals surface area contributed by atoms with Crippen molar-refractivity contribution in [1.82, 2.24) is 20.4 Å². The Kier molecular flexibility index (Phi) is 8.44. The quantitative estimate of drug-likeness (QED) is 0.527. The molecule has 2 aromatic rings. The van der Waals surface area contributed by atoms with Crippen LogP contribution in [0.5, 0.6) is 0 Å². The number of hydrogen-bond acceptors (Lipinski definition) is 4. The first-order valence-corrected chi connectivity index (χ1v) is 10.7. The molecule has 0 radical (unpaired) electrons. The smallest absolute Gasteiger partial charge is 0.253 e. The zero-order valence-electron chi connectivity index (χ0n) is 18.7. The molecule has 0 aliphatic carbocycles. The lowest BCUT2D eigenvalue weighted by atomic mass is 10.1. The molecule has 166 valence electrons. The van der Waals surface area contributed by atoms with Gasteiger partial charge in [0.05, 0.1) is 13.2 Å². The minimum Gasteiger partial charge on any atom is -0.379 e. The number of ether oxygens (including phenoxy) is 1. The zero-order chi connectivity index (χ0) is 22.1. The van der Waals surface area contributed by atoms with Gasteiger partial charge in [-0.25, -0.2) is 0 Å². The lowest BCUT2D eigenvalue weighted by molar-refractivity contribution is 0.0341. The van der Waals surface area contributed by atoms with Crippen molar-refractivity contribution in [2.24, 2.45) is 4.99 Å². The first-order chi connectivity index (χ1) is 15.1. The summed E-state index contributed by atoms with van der Waals surface area (Å²) in [6, 6.07) is 16.2. The minimum atomic E-state index is 0.00716. The predicted molar refractivity (Wildman–Crippen MR) is 124 cm³/mol. The molecule has 1 aliphatic heterocycles. The fraction of sp³-hybridized carbons (Fsp3) is 0.417. The number of hydrogen-bond donors (Lipinski definition) is 2. The molecule has 2 N–H and O–H groups in total. The Morgan fingerprint density at radius 1 is 1.00 bits per heavy atom. The number of rotatable bonds is 7. The van der Waals surface area contributed by atoms with E-state index in [9.17, 15) is 4.79 Å². The molecule has 0 bridgehead atoms. The second kappa shape index (κ2) is 11.5. The number of nitrogens with one attached hydrogen (secondary N) is 2. The molecule has 1 aliphatic rings. The van der Waals surface area contributed by atoms with Gasteiger partial charge in [-0.15, -0.1) is 0 Å². The molecule has 1 heterocycles. The van der Waals surface area contributed by atoms with Crippen LogP contribution in [-0.4, -0.2) is 69.1 Å². The topological polar surface area (TPSA) is 69.2 Å². The Morgan fingerprint density at radius 3 is 2.29 bits per heavy atom. The highest BCUT2D eigenvalue weighted by Crippen LogP contribution is 2.13. The van der Waals surface area contributed by atoms with Crippen LogP contribution in [0, 0.1) is 0 Å². The van der Waals surface area contributed by atoms with Crippen molar-refractivity contribution >= 4 is 11.9 Å². The third kappa shape index (κ3) is 6.80. The molecule has 1 saturated heterocycles. The Bertz CT molecular complexity index is 874. The molecule has 0 unspecified atom stereocenters. The van der Waals surface area contributed by atoms with Gasteiger partial charge in [-0.05, 0) is 28.8 Å². The number of aliphatic imine (C=N–C) groups is 1. The number of carbonyl (C=O) groups is 1. The molecule has 1 amide bonds. The second-order valence-electron chi connectivity index (χ2n) is 7.83. The van der Waals surface area contributed by atoms with E-state index in [1.54, 1.807) is 26.0 Å². The number of amides is 1. The van der Waals surface area contributed by atoms with Gasteiger partial charge in [-0.3, -0.25) is 14.7 Å². The van der Waals surface area contributed by atoms with Crippen LogP contribution in [0.3, 0.4) is 0 Å². The van der Waals surface area contributed by atoms with Gasteiger partial charge in [0.1, 0.15) is 0 Å². The first-order valence-electron chi connectivity index (χ1n) is 10.7. The SMILES string of the molecule is CN=C(NCc1ccc(C(=O)N(C)C)cc1)NCc1ccccc1CN1CCOCC1. The fourth-order valence-corrected chi connectivity index (χ4v) is 3.49. The summed E-state index contributed by atoms with van der Waals surface area (Å²) in [5.41, 5.74) is 4.37. The number of guanidine groups is 1. The number of benzene rings is 2. The highest BCUT2D eigenvalue weighted by Gasteiger charge is 2.13. The monoisotopic (exact) mass is 423 g/mol. The van der Waals surface area contributed by atoms with E-state index in [1.165, 1.54) is 11.1 Å². The van der Waals surface area contributed by atoms with Gasteiger partial charge in [-0.1, -0.05) is 36.4 Å². The highest BCUT2D eigenvalue weighted by molar-refractivity contribution is 5.93. The van der Waals surface area contributed by atoms with E-state index in [4.69, 9.17) is 4.74 Å². The van der Waals surface area contributed by atoms with Crippen LogP contribution in [0.25, 0.3) is 0 Å². The largest absolute Gasteiger partial charge is 0.379 e. The van der Waals surface area contributed by atoms with E-state index < -0.39 is 0 Å². The maximum Gasteiger partial charge on any atom is 0.253 e. The summed E-state index contributed by atoms with van der Waals surface area (Å²) in [4.78, 5) is 20.4. The third-order valence-corrected chi connectivity index (χ3v) is 5.35. The summed E-state index contributed by atoms with van der Waals surface area (Å²) in [6.07, 6.45) is 0. The summed E-state index contributed by atoms with van der Waals surface area (Å²) in [5, 5.41) is 6.76.